The lowest BCUT2D eigenvalue weighted by molar-refractivity contribution is 0.304. The first kappa shape index (κ1) is 18.5. The molecule has 0 spiro atoms. The van der Waals surface area contributed by atoms with Gasteiger partial charge in [-0.1, -0.05) is 48.7 Å². The zero-order valence-electron chi connectivity index (χ0n) is 14.7. The van der Waals surface area contributed by atoms with Gasteiger partial charge in [0, 0.05) is 15.7 Å². The van der Waals surface area contributed by atoms with Crippen molar-refractivity contribution in [3.63, 3.8) is 0 Å². The lowest BCUT2D eigenvalue weighted by Crippen LogP contribution is -2.54. The van der Waals surface area contributed by atoms with Gasteiger partial charge in [-0.15, -0.1) is 11.8 Å². The Bertz CT molecular complexity index is 803. The van der Waals surface area contributed by atoms with Crippen LogP contribution in [-0.4, -0.2) is 19.2 Å². The zero-order valence-corrected chi connectivity index (χ0v) is 16.4. The molecule has 0 heterocycles. The summed E-state index contributed by atoms with van der Waals surface area (Å²) in [6.07, 6.45) is 4.08. The van der Waals surface area contributed by atoms with Crippen molar-refractivity contribution in [2.45, 2.75) is 60.1 Å². The number of rotatable bonds is 5. The molecule has 0 bridgehead atoms. The van der Waals surface area contributed by atoms with Crippen molar-refractivity contribution in [3.05, 3.63) is 60.2 Å². The van der Waals surface area contributed by atoms with E-state index in [1.807, 2.05) is 37.3 Å². The van der Waals surface area contributed by atoms with Crippen LogP contribution in [0, 0.1) is 6.92 Å². The van der Waals surface area contributed by atoms with Crippen LogP contribution in [0.3, 0.4) is 0 Å². The average Bonchev–Trinajstić information content (AvgIpc) is 2.58. The lowest BCUT2D eigenvalue weighted by atomic mass is 9.84. The highest BCUT2D eigenvalue weighted by atomic mass is 32.2. The molecule has 25 heavy (non-hydrogen) atoms. The van der Waals surface area contributed by atoms with Gasteiger partial charge in [0.05, 0.1) is 4.90 Å². The van der Waals surface area contributed by atoms with Crippen LogP contribution in [-0.2, 0) is 10.0 Å². The van der Waals surface area contributed by atoms with Gasteiger partial charge in [-0.2, -0.15) is 0 Å². The fourth-order valence-electron chi connectivity index (χ4n) is 3.35. The molecule has 1 N–H and O–H groups in total. The molecule has 1 saturated carbocycles. The van der Waals surface area contributed by atoms with Crippen LogP contribution in [0.1, 0.15) is 38.2 Å². The van der Waals surface area contributed by atoms with E-state index in [0.717, 1.165) is 31.2 Å². The molecule has 3 nitrogen and oxygen atoms in total. The molecule has 2 aromatic rings. The number of hydrogen-bond donors (Lipinski definition) is 1. The molecule has 0 amide bonds. The SMILES string of the molecule is Cc1ccc(S(=O)(=O)N[C@@]2(C)CCCC[C@@H]2Sc2ccccc2)cc1. The summed E-state index contributed by atoms with van der Waals surface area (Å²) < 4.78 is 28.8. The van der Waals surface area contributed by atoms with Gasteiger partial charge in [0.15, 0.2) is 0 Å². The molecule has 2 aromatic carbocycles. The second-order valence-corrected chi connectivity index (χ2v) is 9.96. The minimum Gasteiger partial charge on any atom is -0.207 e. The van der Waals surface area contributed by atoms with Gasteiger partial charge in [-0.25, -0.2) is 13.1 Å². The Morgan fingerprint density at radius 1 is 1.04 bits per heavy atom. The van der Waals surface area contributed by atoms with E-state index in [0.29, 0.717) is 4.90 Å². The minimum atomic E-state index is -3.52. The maximum atomic E-state index is 12.9. The molecular weight excluding hydrogens is 350 g/mol. The van der Waals surface area contributed by atoms with E-state index in [1.165, 1.54) is 4.90 Å². The summed E-state index contributed by atoms with van der Waals surface area (Å²) in [5, 5.41) is 0.226. The van der Waals surface area contributed by atoms with Gasteiger partial charge in [0.25, 0.3) is 0 Å². The predicted molar refractivity (Wildman–Crippen MR) is 104 cm³/mol. The molecule has 0 radical (unpaired) electrons. The third-order valence-electron chi connectivity index (χ3n) is 4.84. The smallest absolute Gasteiger partial charge is 0.207 e. The maximum Gasteiger partial charge on any atom is 0.241 e. The highest BCUT2D eigenvalue weighted by molar-refractivity contribution is 8.00. The first-order chi connectivity index (χ1) is 11.9. The highest BCUT2D eigenvalue weighted by Gasteiger charge is 2.40. The van der Waals surface area contributed by atoms with Gasteiger partial charge >= 0.3 is 0 Å². The Morgan fingerprint density at radius 3 is 2.40 bits per heavy atom. The van der Waals surface area contributed by atoms with Crippen molar-refractivity contribution in [3.8, 4) is 0 Å². The molecule has 0 aromatic heterocycles. The summed E-state index contributed by atoms with van der Waals surface area (Å²) in [5.41, 5.74) is 0.614. The first-order valence-corrected chi connectivity index (χ1v) is 11.1. The van der Waals surface area contributed by atoms with Crippen molar-refractivity contribution in [1.29, 1.82) is 0 Å². The molecule has 0 aliphatic heterocycles. The van der Waals surface area contributed by atoms with E-state index in [-0.39, 0.29) is 5.25 Å². The van der Waals surface area contributed by atoms with E-state index in [2.05, 4.69) is 23.8 Å². The van der Waals surface area contributed by atoms with Gasteiger partial charge in [-0.3, -0.25) is 0 Å². The monoisotopic (exact) mass is 375 g/mol. The second kappa shape index (κ2) is 7.52. The molecule has 3 rings (SSSR count). The molecule has 0 unspecified atom stereocenters. The summed E-state index contributed by atoms with van der Waals surface area (Å²) in [6, 6.07) is 17.3. The van der Waals surface area contributed by atoms with Crippen LogP contribution >= 0.6 is 11.8 Å². The molecule has 134 valence electrons. The molecular formula is C20H25NO2S2. The number of benzene rings is 2. The summed E-state index contributed by atoms with van der Waals surface area (Å²) in [5.74, 6) is 0. The van der Waals surface area contributed by atoms with Crippen molar-refractivity contribution < 1.29 is 8.42 Å². The summed E-state index contributed by atoms with van der Waals surface area (Å²) in [6.45, 7) is 4.01. The Hall–Kier alpha value is -1.30. The van der Waals surface area contributed by atoms with Gasteiger partial charge in [0.1, 0.15) is 0 Å². The maximum absolute atomic E-state index is 12.9. The van der Waals surface area contributed by atoms with Gasteiger partial charge in [-0.05, 0) is 51.0 Å². The Balaban J connectivity index is 1.83. The molecule has 0 saturated heterocycles. The largest absolute Gasteiger partial charge is 0.241 e. The third-order valence-corrected chi connectivity index (χ3v) is 8.06. The van der Waals surface area contributed by atoms with E-state index in [1.54, 1.807) is 23.9 Å². The summed E-state index contributed by atoms with van der Waals surface area (Å²) >= 11 is 1.78. The lowest BCUT2D eigenvalue weighted by Gasteiger charge is -2.41. The fraction of sp³-hybridized carbons (Fsp3) is 0.400. The van der Waals surface area contributed by atoms with Gasteiger partial charge in [0.2, 0.25) is 10.0 Å². The van der Waals surface area contributed by atoms with Crippen LogP contribution in [0.4, 0.5) is 0 Å². The van der Waals surface area contributed by atoms with Crippen LogP contribution in [0.15, 0.2) is 64.4 Å². The molecule has 1 aliphatic rings. The van der Waals surface area contributed by atoms with E-state index < -0.39 is 15.6 Å². The van der Waals surface area contributed by atoms with E-state index in [9.17, 15) is 8.42 Å². The minimum absolute atomic E-state index is 0.226. The normalized spacial score (nSPS) is 24.2. The first-order valence-electron chi connectivity index (χ1n) is 8.71. The average molecular weight is 376 g/mol. The van der Waals surface area contributed by atoms with Gasteiger partial charge < -0.3 is 0 Å². The van der Waals surface area contributed by atoms with Crippen LogP contribution in [0.25, 0.3) is 0 Å². The molecule has 1 fully saturated rings. The number of hydrogen-bond acceptors (Lipinski definition) is 3. The fourth-order valence-corrected chi connectivity index (χ4v) is 6.26. The number of thioether (sulfide) groups is 1. The standard InChI is InChI=1S/C20H25NO2S2/c1-16-11-13-18(14-12-16)25(22,23)21-20(2)15-7-6-10-19(20)24-17-8-4-3-5-9-17/h3-5,8-9,11-14,19,21H,6-7,10,15H2,1-2H3/t19-,20-/m0/s1. The van der Waals surface area contributed by atoms with Crippen LogP contribution in [0.5, 0.6) is 0 Å². The quantitative estimate of drug-likeness (QED) is 0.819. The summed E-state index contributed by atoms with van der Waals surface area (Å²) in [7, 11) is -3.52. The Morgan fingerprint density at radius 2 is 1.72 bits per heavy atom. The number of aryl methyl sites for hydroxylation is 1. The number of sulfonamides is 1. The summed E-state index contributed by atoms with van der Waals surface area (Å²) in [4.78, 5) is 1.53. The number of nitrogens with one attached hydrogen (secondary N) is 1. The van der Waals surface area contributed by atoms with E-state index >= 15 is 0 Å². The van der Waals surface area contributed by atoms with Crippen LogP contribution < -0.4 is 4.72 Å². The van der Waals surface area contributed by atoms with Crippen molar-refractivity contribution in [1.82, 2.24) is 4.72 Å². The topological polar surface area (TPSA) is 46.2 Å². The Kier molecular flexibility index (Phi) is 5.56. The highest BCUT2D eigenvalue weighted by Crippen LogP contribution is 2.40. The molecule has 2 atom stereocenters. The second-order valence-electron chi connectivity index (χ2n) is 7.00. The molecule has 5 heteroatoms. The van der Waals surface area contributed by atoms with Crippen molar-refractivity contribution in [2.75, 3.05) is 0 Å². The van der Waals surface area contributed by atoms with Crippen molar-refractivity contribution in [2.24, 2.45) is 0 Å². The third kappa shape index (κ3) is 4.46. The predicted octanol–water partition coefficient (Wildman–Crippen LogP) is 4.77. The van der Waals surface area contributed by atoms with Crippen LogP contribution in [0.2, 0.25) is 0 Å². The van der Waals surface area contributed by atoms with E-state index in [4.69, 9.17) is 0 Å². The zero-order chi connectivity index (χ0) is 17.9. The molecule has 1 aliphatic carbocycles. The van der Waals surface area contributed by atoms with Crippen molar-refractivity contribution >= 4 is 21.8 Å². The Labute approximate surface area is 155 Å².